The van der Waals surface area contributed by atoms with Gasteiger partial charge in [0.1, 0.15) is 5.41 Å². The number of nitriles is 2. The molecule has 2 saturated heterocycles. The number of anilines is 1. The fraction of sp³-hybridized carbons (Fsp3) is 0.318. The minimum atomic E-state index is -1.43. The lowest BCUT2D eigenvalue weighted by molar-refractivity contribution is -0.123. The van der Waals surface area contributed by atoms with Gasteiger partial charge >= 0.3 is 0 Å². The molecular weight excluding hydrogens is 336 g/mol. The third kappa shape index (κ3) is 1.68. The lowest BCUT2D eigenvalue weighted by Crippen LogP contribution is -2.51. The lowest BCUT2D eigenvalue weighted by Gasteiger charge is -2.37. The van der Waals surface area contributed by atoms with E-state index in [-0.39, 0.29) is 18.0 Å². The number of benzene rings is 2. The summed E-state index contributed by atoms with van der Waals surface area (Å²) in [6.45, 7) is 0.784. The smallest absolute Gasteiger partial charge is 0.239 e. The number of hydrogen-bond donors (Lipinski definition) is 1. The Labute approximate surface area is 157 Å². The number of carbonyl (C=O) groups is 1. The number of para-hydroxylation sites is 1. The molecule has 0 aliphatic carbocycles. The Morgan fingerprint density at radius 2 is 1.74 bits per heavy atom. The standard InChI is InChI=1S/C22H18N4O/c23-13-21(14-24)18-11-6-12-26(18)19(15-7-2-1-3-8-15)22(21)16-9-4-5-10-17(16)25-20(22)27/h1-5,7-10,18-19H,6,11-12H2,(H,25,27)/t18-,19-,22-/m0/s1. The monoisotopic (exact) mass is 354 g/mol. The molecule has 132 valence electrons. The Morgan fingerprint density at radius 3 is 2.48 bits per heavy atom. The summed E-state index contributed by atoms with van der Waals surface area (Å²) in [7, 11) is 0. The number of nitrogens with one attached hydrogen (secondary N) is 1. The molecule has 5 nitrogen and oxygen atoms in total. The quantitative estimate of drug-likeness (QED) is 0.853. The van der Waals surface area contributed by atoms with Crippen LogP contribution in [0.5, 0.6) is 0 Å². The summed E-state index contributed by atoms with van der Waals surface area (Å²) in [6, 6.07) is 21.4. The Morgan fingerprint density at radius 1 is 1.04 bits per heavy atom. The highest BCUT2D eigenvalue weighted by molar-refractivity contribution is 6.09. The molecule has 3 atom stereocenters. The van der Waals surface area contributed by atoms with E-state index in [2.05, 4.69) is 22.4 Å². The van der Waals surface area contributed by atoms with Gasteiger partial charge in [-0.15, -0.1) is 0 Å². The highest BCUT2D eigenvalue weighted by atomic mass is 16.2. The zero-order valence-corrected chi connectivity index (χ0v) is 14.7. The Balaban J connectivity index is 1.89. The summed E-state index contributed by atoms with van der Waals surface area (Å²) in [6.07, 6.45) is 1.68. The topological polar surface area (TPSA) is 79.9 Å². The van der Waals surface area contributed by atoms with E-state index in [0.29, 0.717) is 5.69 Å². The predicted octanol–water partition coefficient (Wildman–Crippen LogP) is 3.13. The molecular formula is C22H18N4O. The summed E-state index contributed by atoms with van der Waals surface area (Å²) in [5, 5.41) is 23.6. The van der Waals surface area contributed by atoms with Crippen molar-refractivity contribution >= 4 is 11.6 Å². The fourth-order valence-electron chi connectivity index (χ4n) is 5.66. The number of fused-ring (bicyclic) bond motifs is 3. The third-order valence-electron chi connectivity index (χ3n) is 6.58. The van der Waals surface area contributed by atoms with Crippen LogP contribution in [-0.2, 0) is 10.2 Å². The molecule has 5 rings (SSSR count). The fourth-order valence-corrected chi connectivity index (χ4v) is 5.66. The van der Waals surface area contributed by atoms with Crippen LogP contribution < -0.4 is 5.32 Å². The van der Waals surface area contributed by atoms with Crippen LogP contribution in [0.1, 0.15) is 30.0 Å². The maximum absolute atomic E-state index is 13.6. The summed E-state index contributed by atoms with van der Waals surface area (Å²) in [4.78, 5) is 15.8. The first-order valence-electron chi connectivity index (χ1n) is 9.25. The van der Waals surface area contributed by atoms with Crippen molar-refractivity contribution in [1.29, 1.82) is 10.5 Å². The first kappa shape index (κ1) is 16.1. The van der Waals surface area contributed by atoms with Crippen LogP contribution in [0.15, 0.2) is 54.6 Å². The van der Waals surface area contributed by atoms with Gasteiger partial charge in [-0.2, -0.15) is 10.5 Å². The number of amides is 1. The van der Waals surface area contributed by atoms with Crippen molar-refractivity contribution in [3.8, 4) is 12.1 Å². The first-order valence-corrected chi connectivity index (χ1v) is 9.25. The van der Waals surface area contributed by atoms with E-state index in [1.54, 1.807) is 0 Å². The van der Waals surface area contributed by atoms with Crippen molar-refractivity contribution in [2.45, 2.75) is 30.3 Å². The summed E-state index contributed by atoms with van der Waals surface area (Å²) in [5.41, 5.74) is -0.218. The third-order valence-corrected chi connectivity index (χ3v) is 6.58. The van der Waals surface area contributed by atoms with Gasteiger partial charge in [-0.25, -0.2) is 0 Å². The van der Waals surface area contributed by atoms with Gasteiger partial charge in [-0.05, 0) is 36.6 Å². The summed E-state index contributed by atoms with van der Waals surface area (Å²) in [5.74, 6) is -0.241. The molecule has 2 aromatic carbocycles. The zero-order valence-electron chi connectivity index (χ0n) is 14.7. The van der Waals surface area contributed by atoms with Crippen LogP contribution in [0.4, 0.5) is 5.69 Å². The average Bonchev–Trinajstić information content (AvgIpc) is 3.35. The molecule has 5 heteroatoms. The maximum atomic E-state index is 13.6. The minimum absolute atomic E-state index is 0.241. The second-order valence-corrected chi connectivity index (χ2v) is 7.55. The number of rotatable bonds is 1. The summed E-state index contributed by atoms with van der Waals surface area (Å²) >= 11 is 0. The molecule has 0 radical (unpaired) electrons. The van der Waals surface area contributed by atoms with Gasteiger partial charge in [-0.1, -0.05) is 48.5 Å². The molecule has 0 saturated carbocycles. The van der Waals surface area contributed by atoms with Crippen molar-refractivity contribution in [2.24, 2.45) is 5.41 Å². The molecule has 0 unspecified atom stereocenters. The molecule has 27 heavy (non-hydrogen) atoms. The van der Waals surface area contributed by atoms with Crippen molar-refractivity contribution < 1.29 is 4.79 Å². The molecule has 1 amide bonds. The lowest BCUT2D eigenvalue weighted by atomic mass is 9.57. The summed E-state index contributed by atoms with van der Waals surface area (Å²) < 4.78 is 0. The molecule has 1 spiro atoms. The van der Waals surface area contributed by atoms with Crippen molar-refractivity contribution in [3.05, 3.63) is 65.7 Å². The molecule has 2 aromatic rings. The van der Waals surface area contributed by atoms with Gasteiger partial charge in [0.15, 0.2) is 5.41 Å². The van der Waals surface area contributed by atoms with E-state index < -0.39 is 10.8 Å². The van der Waals surface area contributed by atoms with E-state index in [1.807, 2.05) is 54.6 Å². The Hall–Kier alpha value is -3.15. The number of carbonyl (C=O) groups excluding carboxylic acids is 1. The Kier molecular flexibility index (Phi) is 3.22. The van der Waals surface area contributed by atoms with E-state index in [9.17, 15) is 15.3 Å². The van der Waals surface area contributed by atoms with Crippen LogP contribution in [0.2, 0.25) is 0 Å². The van der Waals surface area contributed by atoms with Gasteiger partial charge in [0.05, 0.1) is 18.2 Å². The van der Waals surface area contributed by atoms with E-state index in [4.69, 9.17) is 0 Å². The van der Waals surface area contributed by atoms with Crippen molar-refractivity contribution in [2.75, 3.05) is 11.9 Å². The highest BCUT2D eigenvalue weighted by Crippen LogP contribution is 2.66. The Bertz CT molecular complexity index is 1000. The van der Waals surface area contributed by atoms with Gasteiger partial charge in [-0.3, -0.25) is 9.69 Å². The van der Waals surface area contributed by atoms with Gasteiger partial charge in [0.2, 0.25) is 5.91 Å². The van der Waals surface area contributed by atoms with Crippen LogP contribution in [0.3, 0.4) is 0 Å². The van der Waals surface area contributed by atoms with Crippen LogP contribution in [0, 0.1) is 28.1 Å². The van der Waals surface area contributed by atoms with Gasteiger partial charge < -0.3 is 5.32 Å². The van der Waals surface area contributed by atoms with Gasteiger partial charge in [0.25, 0.3) is 0 Å². The molecule has 0 aromatic heterocycles. The second-order valence-electron chi connectivity index (χ2n) is 7.55. The van der Waals surface area contributed by atoms with E-state index in [1.165, 1.54) is 0 Å². The molecule has 2 fully saturated rings. The van der Waals surface area contributed by atoms with Gasteiger partial charge in [0, 0.05) is 11.7 Å². The van der Waals surface area contributed by atoms with E-state index >= 15 is 0 Å². The number of nitrogens with zero attached hydrogens (tertiary/aromatic N) is 3. The second kappa shape index (κ2) is 5.42. The zero-order chi connectivity index (χ0) is 18.6. The highest BCUT2D eigenvalue weighted by Gasteiger charge is 2.76. The molecule has 3 aliphatic rings. The normalized spacial score (nSPS) is 30.4. The average molecular weight is 354 g/mol. The van der Waals surface area contributed by atoms with Crippen LogP contribution >= 0.6 is 0 Å². The molecule has 0 bridgehead atoms. The van der Waals surface area contributed by atoms with Crippen LogP contribution in [0.25, 0.3) is 0 Å². The van der Waals surface area contributed by atoms with Crippen molar-refractivity contribution in [1.82, 2.24) is 4.90 Å². The molecule has 3 aliphatic heterocycles. The maximum Gasteiger partial charge on any atom is 0.239 e. The molecule has 3 heterocycles. The van der Waals surface area contributed by atoms with Crippen LogP contribution in [-0.4, -0.2) is 23.4 Å². The first-order chi connectivity index (χ1) is 13.2. The largest absolute Gasteiger partial charge is 0.325 e. The predicted molar refractivity (Wildman–Crippen MR) is 99.3 cm³/mol. The van der Waals surface area contributed by atoms with Crippen molar-refractivity contribution in [3.63, 3.8) is 0 Å². The minimum Gasteiger partial charge on any atom is -0.325 e. The molecule has 1 N–H and O–H groups in total. The SMILES string of the molecule is N#CC1(C#N)[C@@H]2CCCN2[C@@H](c2ccccc2)[C@@]12C(=O)Nc1ccccc12. The number of hydrogen-bond acceptors (Lipinski definition) is 4. The van der Waals surface area contributed by atoms with E-state index in [0.717, 1.165) is 30.5 Å².